The number of para-hydroxylation sites is 2. The van der Waals surface area contributed by atoms with E-state index in [1.54, 1.807) is 6.07 Å². The molecule has 4 rings (SSSR count). The Morgan fingerprint density at radius 1 is 1.03 bits per heavy atom. The summed E-state index contributed by atoms with van der Waals surface area (Å²) in [6.07, 6.45) is 0. The van der Waals surface area contributed by atoms with Gasteiger partial charge in [-0.05, 0) is 43.3 Å². The zero-order chi connectivity index (χ0) is 22.0. The van der Waals surface area contributed by atoms with Crippen LogP contribution in [0.2, 0.25) is 0 Å². The lowest BCUT2D eigenvalue weighted by atomic mass is 10.2. The van der Waals surface area contributed by atoms with Crippen molar-refractivity contribution in [1.82, 2.24) is 20.4 Å². The molecule has 156 valence electrons. The summed E-state index contributed by atoms with van der Waals surface area (Å²) in [4.78, 5) is 40.7. The van der Waals surface area contributed by atoms with Gasteiger partial charge in [0, 0.05) is 24.2 Å². The number of aromatic nitrogens is 2. The predicted molar refractivity (Wildman–Crippen MR) is 117 cm³/mol. The molecular weight excluding hydrogens is 418 g/mol. The molecule has 10 heteroatoms. The van der Waals surface area contributed by atoms with Crippen molar-refractivity contribution in [3.63, 3.8) is 0 Å². The van der Waals surface area contributed by atoms with Crippen LogP contribution in [-0.4, -0.2) is 26.3 Å². The Morgan fingerprint density at radius 3 is 2.45 bits per heavy atom. The third-order valence-corrected chi connectivity index (χ3v) is 5.73. The second-order valence-electron chi connectivity index (χ2n) is 6.54. The van der Waals surface area contributed by atoms with Gasteiger partial charge in [-0.2, -0.15) is 0 Å². The van der Waals surface area contributed by atoms with Crippen molar-refractivity contribution in [1.29, 1.82) is 0 Å². The maximum absolute atomic E-state index is 12.5. The van der Waals surface area contributed by atoms with Crippen LogP contribution in [-0.2, 0) is 6.54 Å². The molecule has 9 nitrogen and oxygen atoms in total. The van der Waals surface area contributed by atoms with Crippen LogP contribution in [0.15, 0.2) is 60.7 Å². The summed E-state index contributed by atoms with van der Waals surface area (Å²) in [5, 5.41) is 10.7. The molecule has 0 unspecified atom stereocenters. The van der Waals surface area contributed by atoms with Gasteiger partial charge in [0.1, 0.15) is 0 Å². The molecule has 0 saturated heterocycles. The number of rotatable bonds is 5. The summed E-state index contributed by atoms with van der Waals surface area (Å²) >= 11 is 1.27. The molecule has 4 aromatic rings. The smallest absolute Gasteiger partial charge is 0.279 e. The highest BCUT2D eigenvalue weighted by Crippen LogP contribution is 2.30. The van der Waals surface area contributed by atoms with Gasteiger partial charge in [-0.3, -0.25) is 30.6 Å². The number of thiophene rings is 1. The van der Waals surface area contributed by atoms with Gasteiger partial charge in [-0.25, -0.2) is 4.98 Å². The Morgan fingerprint density at radius 2 is 1.74 bits per heavy atom. The first-order valence-corrected chi connectivity index (χ1v) is 10.2. The molecule has 31 heavy (non-hydrogen) atoms. The molecule has 2 aromatic heterocycles. The van der Waals surface area contributed by atoms with Crippen LogP contribution in [0, 0.1) is 10.1 Å². The summed E-state index contributed by atoms with van der Waals surface area (Å²) in [6, 6.07) is 16.4. The molecule has 0 radical (unpaired) electrons. The summed E-state index contributed by atoms with van der Waals surface area (Å²) in [6.45, 7) is 2.77. The van der Waals surface area contributed by atoms with Crippen molar-refractivity contribution in [2.75, 3.05) is 0 Å². The monoisotopic (exact) mass is 435 g/mol. The molecular formula is C21H17N5O4S. The number of nitro benzene ring substituents is 1. The number of carbonyl (C=O) groups is 2. The number of nitro groups is 1. The van der Waals surface area contributed by atoms with E-state index >= 15 is 0 Å². The van der Waals surface area contributed by atoms with E-state index in [1.807, 2.05) is 37.3 Å². The number of amides is 2. The van der Waals surface area contributed by atoms with Gasteiger partial charge >= 0.3 is 0 Å². The van der Waals surface area contributed by atoms with E-state index in [2.05, 4.69) is 20.4 Å². The number of nitrogens with one attached hydrogen (secondary N) is 2. The Hall–Kier alpha value is -4.05. The van der Waals surface area contributed by atoms with Crippen molar-refractivity contribution >= 4 is 39.9 Å². The minimum absolute atomic E-state index is 0.121. The molecule has 2 aromatic carbocycles. The standard InChI is InChI=1S/C21H17N5O4S/c1-2-25-16-6-4-3-5-15(16)22-19(25)17-11-12-18(31-17)21(28)24-23-20(27)13-7-9-14(10-8-13)26(29)30/h3-12H,2H2,1H3,(H,23,27)(H,24,28). The van der Waals surface area contributed by atoms with E-state index < -0.39 is 16.7 Å². The van der Waals surface area contributed by atoms with E-state index in [0.29, 0.717) is 4.88 Å². The second-order valence-corrected chi connectivity index (χ2v) is 7.63. The molecule has 0 fully saturated rings. The summed E-state index contributed by atoms with van der Waals surface area (Å²) in [5.41, 5.74) is 6.66. The zero-order valence-electron chi connectivity index (χ0n) is 16.4. The predicted octanol–water partition coefficient (Wildman–Crippen LogP) is 3.77. The van der Waals surface area contributed by atoms with E-state index in [1.165, 1.54) is 35.6 Å². The fourth-order valence-electron chi connectivity index (χ4n) is 3.15. The number of nitrogens with zero attached hydrogens (tertiary/aromatic N) is 3. The van der Waals surface area contributed by atoms with Crippen molar-refractivity contribution in [2.24, 2.45) is 0 Å². The number of hydrogen-bond donors (Lipinski definition) is 2. The number of non-ortho nitro benzene ring substituents is 1. The minimum atomic E-state index is -0.576. The SMILES string of the molecule is CCn1c(-c2ccc(C(=O)NNC(=O)c3ccc([N+](=O)[O-])cc3)s2)nc2ccccc21. The van der Waals surface area contributed by atoms with Gasteiger partial charge < -0.3 is 4.57 Å². The third kappa shape index (κ3) is 4.01. The maximum Gasteiger partial charge on any atom is 0.279 e. The fraction of sp³-hybridized carbons (Fsp3) is 0.0952. The van der Waals surface area contributed by atoms with E-state index in [9.17, 15) is 19.7 Å². The van der Waals surface area contributed by atoms with Crippen LogP contribution < -0.4 is 10.9 Å². The third-order valence-electron chi connectivity index (χ3n) is 4.65. The highest BCUT2D eigenvalue weighted by Gasteiger charge is 2.17. The molecule has 0 aliphatic rings. The molecule has 0 aliphatic carbocycles. The molecule has 2 N–H and O–H groups in total. The quantitative estimate of drug-likeness (QED) is 0.365. The lowest BCUT2D eigenvalue weighted by molar-refractivity contribution is -0.384. The number of aryl methyl sites for hydroxylation is 1. The Balaban J connectivity index is 1.46. The minimum Gasteiger partial charge on any atom is -0.324 e. The van der Waals surface area contributed by atoms with E-state index in [4.69, 9.17) is 0 Å². The Kier molecular flexibility index (Phi) is 5.46. The molecule has 0 spiro atoms. The zero-order valence-corrected chi connectivity index (χ0v) is 17.2. The van der Waals surface area contributed by atoms with E-state index in [-0.39, 0.29) is 11.3 Å². The number of hydrazine groups is 1. The van der Waals surface area contributed by atoms with Gasteiger partial charge in [0.2, 0.25) is 0 Å². The Bertz CT molecular complexity index is 1290. The van der Waals surface area contributed by atoms with Crippen LogP contribution >= 0.6 is 11.3 Å². The number of benzene rings is 2. The highest BCUT2D eigenvalue weighted by atomic mass is 32.1. The maximum atomic E-state index is 12.5. The first-order chi connectivity index (χ1) is 15.0. The Labute approximate surface area is 180 Å². The summed E-state index contributed by atoms with van der Waals surface area (Å²) in [7, 11) is 0. The summed E-state index contributed by atoms with van der Waals surface area (Å²) < 4.78 is 2.08. The van der Waals surface area contributed by atoms with Crippen LogP contribution in [0.3, 0.4) is 0 Å². The van der Waals surface area contributed by atoms with Crippen LogP contribution in [0.4, 0.5) is 5.69 Å². The van der Waals surface area contributed by atoms with Crippen molar-refractivity contribution in [3.8, 4) is 10.7 Å². The van der Waals surface area contributed by atoms with Crippen molar-refractivity contribution < 1.29 is 14.5 Å². The van der Waals surface area contributed by atoms with Crippen molar-refractivity contribution in [3.05, 3.63) is 81.2 Å². The van der Waals surface area contributed by atoms with Gasteiger partial charge in [0.05, 0.1) is 25.7 Å². The second kappa shape index (κ2) is 8.36. The molecule has 2 heterocycles. The van der Waals surface area contributed by atoms with Crippen LogP contribution in [0.25, 0.3) is 21.7 Å². The first-order valence-electron chi connectivity index (χ1n) is 9.38. The van der Waals surface area contributed by atoms with Gasteiger partial charge in [-0.1, -0.05) is 12.1 Å². The molecule has 0 saturated carbocycles. The molecule has 2 amide bonds. The van der Waals surface area contributed by atoms with Gasteiger partial charge in [0.25, 0.3) is 17.5 Å². The highest BCUT2D eigenvalue weighted by molar-refractivity contribution is 7.17. The number of imidazole rings is 1. The normalized spacial score (nSPS) is 10.7. The van der Waals surface area contributed by atoms with Crippen LogP contribution in [0.5, 0.6) is 0 Å². The topological polar surface area (TPSA) is 119 Å². The average Bonchev–Trinajstić information content (AvgIpc) is 3.41. The van der Waals surface area contributed by atoms with Gasteiger partial charge in [-0.15, -0.1) is 11.3 Å². The lowest BCUT2D eigenvalue weighted by Crippen LogP contribution is -2.41. The van der Waals surface area contributed by atoms with E-state index in [0.717, 1.165) is 28.3 Å². The number of fused-ring (bicyclic) bond motifs is 1. The average molecular weight is 435 g/mol. The van der Waals surface area contributed by atoms with Crippen LogP contribution in [0.1, 0.15) is 27.0 Å². The lowest BCUT2D eigenvalue weighted by Gasteiger charge is -2.06. The number of carbonyl (C=O) groups excluding carboxylic acids is 2. The molecule has 0 atom stereocenters. The molecule has 0 aliphatic heterocycles. The number of hydrogen-bond acceptors (Lipinski definition) is 6. The largest absolute Gasteiger partial charge is 0.324 e. The molecule has 0 bridgehead atoms. The fourth-order valence-corrected chi connectivity index (χ4v) is 4.05. The van der Waals surface area contributed by atoms with Crippen molar-refractivity contribution in [2.45, 2.75) is 13.5 Å². The summed E-state index contributed by atoms with van der Waals surface area (Å²) in [5.74, 6) is -0.263. The van der Waals surface area contributed by atoms with Gasteiger partial charge in [0.15, 0.2) is 5.82 Å². The first kappa shape index (κ1) is 20.2.